The van der Waals surface area contributed by atoms with Gasteiger partial charge in [-0.05, 0) is 25.1 Å². The van der Waals surface area contributed by atoms with Gasteiger partial charge in [0.05, 0.1) is 16.8 Å². The van der Waals surface area contributed by atoms with E-state index in [4.69, 9.17) is 10.5 Å². The Kier molecular flexibility index (Phi) is 3.72. The first-order valence-electron chi connectivity index (χ1n) is 5.70. The second-order valence-electron chi connectivity index (χ2n) is 4.03. The van der Waals surface area contributed by atoms with E-state index < -0.39 is 4.92 Å². The zero-order valence-electron chi connectivity index (χ0n) is 10.3. The number of rotatable bonds is 4. The predicted molar refractivity (Wildman–Crippen MR) is 70.0 cm³/mol. The summed E-state index contributed by atoms with van der Waals surface area (Å²) in [5.74, 6) is 0.613. The van der Waals surface area contributed by atoms with Gasteiger partial charge in [-0.1, -0.05) is 12.1 Å². The standard InChI is InChI=1S/C13H13N3O3/c1-9(14)11-7-6-10(8-15-11)19-13-5-3-2-4-12(13)16(17)18/h2-9H,14H2,1H3. The zero-order valence-corrected chi connectivity index (χ0v) is 10.3. The fourth-order valence-corrected chi connectivity index (χ4v) is 1.54. The van der Waals surface area contributed by atoms with Gasteiger partial charge in [0.2, 0.25) is 5.75 Å². The first kappa shape index (κ1) is 13.0. The molecule has 19 heavy (non-hydrogen) atoms. The van der Waals surface area contributed by atoms with Crippen molar-refractivity contribution in [2.24, 2.45) is 5.73 Å². The molecule has 0 spiro atoms. The molecule has 0 aliphatic heterocycles. The van der Waals surface area contributed by atoms with Crippen LogP contribution >= 0.6 is 0 Å². The molecule has 6 heteroatoms. The summed E-state index contributed by atoms with van der Waals surface area (Å²) < 4.78 is 5.46. The van der Waals surface area contributed by atoms with Crippen molar-refractivity contribution in [3.05, 3.63) is 58.4 Å². The normalized spacial score (nSPS) is 11.9. The van der Waals surface area contributed by atoms with E-state index in [1.54, 1.807) is 24.3 Å². The van der Waals surface area contributed by atoms with Crippen LogP contribution in [-0.4, -0.2) is 9.91 Å². The highest BCUT2D eigenvalue weighted by Gasteiger charge is 2.14. The number of nitrogens with zero attached hydrogens (tertiary/aromatic N) is 2. The highest BCUT2D eigenvalue weighted by molar-refractivity contribution is 5.47. The van der Waals surface area contributed by atoms with Crippen LogP contribution < -0.4 is 10.5 Å². The van der Waals surface area contributed by atoms with Gasteiger partial charge >= 0.3 is 5.69 Å². The minimum absolute atomic E-state index is 0.0845. The lowest BCUT2D eigenvalue weighted by Crippen LogP contribution is -2.06. The SMILES string of the molecule is CC(N)c1ccc(Oc2ccccc2[N+](=O)[O-])cn1. The average Bonchev–Trinajstić information content (AvgIpc) is 2.39. The van der Waals surface area contributed by atoms with Crippen LogP contribution in [0.1, 0.15) is 18.7 Å². The number of aromatic nitrogens is 1. The molecule has 98 valence electrons. The third kappa shape index (κ3) is 3.05. The maximum Gasteiger partial charge on any atom is 0.311 e. The van der Waals surface area contributed by atoms with Gasteiger partial charge in [-0.2, -0.15) is 0 Å². The molecule has 0 amide bonds. The fraction of sp³-hybridized carbons (Fsp3) is 0.154. The molecule has 0 fully saturated rings. The van der Waals surface area contributed by atoms with Crippen molar-refractivity contribution < 1.29 is 9.66 Å². The molecule has 1 aromatic heterocycles. The van der Waals surface area contributed by atoms with Crippen molar-refractivity contribution in [2.75, 3.05) is 0 Å². The summed E-state index contributed by atoms with van der Waals surface area (Å²) in [6.07, 6.45) is 1.50. The van der Waals surface area contributed by atoms with Crippen molar-refractivity contribution in [3.63, 3.8) is 0 Å². The second kappa shape index (κ2) is 5.45. The maximum atomic E-state index is 10.8. The largest absolute Gasteiger partial charge is 0.449 e. The minimum Gasteiger partial charge on any atom is -0.449 e. The molecule has 2 aromatic rings. The van der Waals surface area contributed by atoms with Crippen LogP contribution in [0.3, 0.4) is 0 Å². The molecule has 0 aliphatic rings. The lowest BCUT2D eigenvalue weighted by Gasteiger charge is -2.08. The van der Waals surface area contributed by atoms with E-state index in [2.05, 4.69) is 4.98 Å². The summed E-state index contributed by atoms with van der Waals surface area (Å²) in [6.45, 7) is 1.82. The molecular formula is C13H13N3O3. The topological polar surface area (TPSA) is 91.3 Å². The maximum absolute atomic E-state index is 10.8. The fourth-order valence-electron chi connectivity index (χ4n) is 1.54. The average molecular weight is 259 g/mol. The lowest BCUT2D eigenvalue weighted by atomic mass is 10.2. The Morgan fingerprint density at radius 2 is 2.05 bits per heavy atom. The van der Waals surface area contributed by atoms with E-state index in [-0.39, 0.29) is 17.5 Å². The number of hydrogen-bond acceptors (Lipinski definition) is 5. The van der Waals surface area contributed by atoms with Crippen LogP contribution in [-0.2, 0) is 0 Å². The van der Waals surface area contributed by atoms with E-state index >= 15 is 0 Å². The van der Waals surface area contributed by atoms with Crippen LogP contribution in [0.2, 0.25) is 0 Å². The van der Waals surface area contributed by atoms with E-state index in [1.165, 1.54) is 18.3 Å². The van der Waals surface area contributed by atoms with Crippen molar-refractivity contribution in [1.29, 1.82) is 0 Å². The van der Waals surface area contributed by atoms with Gasteiger partial charge < -0.3 is 10.5 Å². The Labute approximate surface area is 110 Å². The number of nitro groups is 1. The monoisotopic (exact) mass is 259 g/mol. The molecule has 1 heterocycles. The van der Waals surface area contributed by atoms with E-state index in [0.717, 1.165) is 5.69 Å². The van der Waals surface area contributed by atoms with Crippen LogP contribution in [0.4, 0.5) is 5.69 Å². The van der Waals surface area contributed by atoms with Gasteiger partial charge in [0.15, 0.2) is 0 Å². The lowest BCUT2D eigenvalue weighted by molar-refractivity contribution is -0.385. The Morgan fingerprint density at radius 3 is 2.63 bits per heavy atom. The van der Waals surface area contributed by atoms with E-state index in [1.807, 2.05) is 6.92 Å². The van der Waals surface area contributed by atoms with E-state index in [0.29, 0.717) is 5.75 Å². The van der Waals surface area contributed by atoms with Gasteiger partial charge in [-0.25, -0.2) is 0 Å². The predicted octanol–water partition coefficient (Wildman–Crippen LogP) is 2.80. The molecule has 0 saturated heterocycles. The molecule has 2 N–H and O–H groups in total. The van der Waals surface area contributed by atoms with Crippen LogP contribution in [0.5, 0.6) is 11.5 Å². The smallest absolute Gasteiger partial charge is 0.311 e. The summed E-state index contributed by atoms with van der Waals surface area (Å²) in [5, 5.41) is 10.8. The Hall–Kier alpha value is -2.47. The highest BCUT2D eigenvalue weighted by atomic mass is 16.6. The van der Waals surface area contributed by atoms with Crippen LogP contribution in [0.15, 0.2) is 42.6 Å². The summed E-state index contributed by atoms with van der Waals surface area (Å²) in [4.78, 5) is 14.5. The number of para-hydroxylation sites is 2. The molecule has 0 bridgehead atoms. The molecular weight excluding hydrogens is 246 g/mol. The number of nitrogens with two attached hydrogens (primary N) is 1. The summed E-state index contributed by atoms with van der Waals surface area (Å²) in [6, 6.07) is 9.43. The van der Waals surface area contributed by atoms with Crippen molar-refractivity contribution >= 4 is 5.69 Å². The highest BCUT2D eigenvalue weighted by Crippen LogP contribution is 2.30. The van der Waals surface area contributed by atoms with Gasteiger partial charge in [-0.15, -0.1) is 0 Å². The van der Waals surface area contributed by atoms with Gasteiger partial charge in [0, 0.05) is 12.1 Å². The number of ether oxygens (including phenoxy) is 1. The van der Waals surface area contributed by atoms with Crippen molar-refractivity contribution in [2.45, 2.75) is 13.0 Å². The quantitative estimate of drug-likeness (QED) is 0.673. The molecule has 2 rings (SSSR count). The third-order valence-electron chi connectivity index (χ3n) is 2.52. The van der Waals surface area contributed by atoms with Crippen molar-refractivity contribution in [3.8, 4) is 11.5 Å². The van der Waals surface area contributed by atoms with Crippen molar-refractivity contribution in [1.82, 2.24) is 4.98 Å². The second-order valence-corrected chi connectivity index (χ2v) is 4.03. The van der Waals surface area contributed by atoms with Crippen LogP contribution in [0, 0.1) is 10.1 Å². The molecule has 0 aliphatic carbocycles. The van der Waals surface area contributed by atoms with Gasteiger partial charge in [0.25, 0.3) is 0 Å². The molecule has 0 radical (unpaired) electrons. The zero-order chi connectivity index (χ0) is 13.8. The van der Waals surface area contributed by atoms with Crippen LogP contribution in [0.25, 0.3) is 0 Å². The van der Waals surface area contributed by atoms with E-state index in [9.17, 15) is 10.1 Å². The molecule has 1 unspecified atom stereocenters. The first-order chi connectivity index (χ1) is 9.08. The number of benzene rings is 1. The Bertz CT molecular complexity index is 582. The Balaban J connectivity index is 2.24. The minimum atomic E-state index is -0.487. The molecule has 0 saturated carbocycles. The number of nitro benzene ring substituents is 1. The summed E-state index contributed by atoms with van der Waals surface area (Å²) in [5.41, 5.74) is 6.33. The molecule has 1 atom stereocenters. The number of hydrogen-bond donors (Lipinski definition) is 1. The Morgan fingerprint density at radius 1 is 1.32 bits per heavy atom. The summed E-state index contributed by atoms with van der Waals surface area (Å²) in [7, 11) is 0. The third-order valence-corrected chi connectivity index (χ3v) is 2.52. The summed E-state index contributed by atoms with van der Waals surface area (Å²) >= 11 is 0. The molecule has 6 nitrogen and oxygen atoms in total. The van der Waals surface area contributed by atoms with Gasteiger partial charge in [0.1, 0.15) is 5.75 Å². The first-order valence-corrected chi connectivity index (χ1v) is 5.70. The molecule has 1 aromatic carbocycles. The van der Waals surface area contributed by atoms with Gasteiger partial charge in [-0.3, -0.25) is 15.1 Å². The number of pyridine rings is 1.